The highest BCUT2D eigenvalue weighted by atomic mass is 16.7. The summed E-state index contributed by atoms with van der Waals surface area (Å²) >= 11 is 0. The van der Waals surface area contributed by atoms with Crippen molar-refractivity contribution in [2.24, 2.45) is 5.92 Å². The van der Waals surface area contributed by atoms with Crippen molar-refractivity contribution >= 4 is 17.9 Å². The second kappa shape index (κ2) is 9.60. The topological polar surface area (TPSA) is 118 Å². The van der Waals surface area contributed by atoms with E-state index in [-0.39, 0.29) is 11.5 Å². The average molecular weight is 410 g/mol. The highest BCUT2D eigenvalue weighted by molar-refractivity contribution is 5.75. The summed E-state index contributed by atoms with van der Waals surface area (Å²) in [4.78, 5) is 35.5. The zero-order chi connectivity index (χ0) is 21.7. The van der Waals surface area contributed by atoms with Gasteiger partial charge in [-0.05, 0) is 18.1 Å². The summed E-state index contributed by atoms with van der Waals surface area (Å²) in [5.41, 5.74) is 0.720. The Labute approximate surface area is 168 Å². The second-order valence-corrected chi connectivity index (χ2v) is 6.72. The molecule has 0 aliphatic carbocycles. The van der Waals surface area contributed by atoms with Gasteiger partial charge in [-0.1, -0.05) is 19.9 Å². The maximum Gasteiger partial charge on any atom is 0.335 e. The third-order valence-electron chi connectivity index (χ3n) is 4.60. The first-order valence-corrected chi connectivity index (χ1v) is 9.24. The largest absolute Gasteiger partial charge is 0.508 e. The number of benzene rings is 1. The average Bonchev–Trinajstić information content (AvgIpc) is 2.65. The molecular formula is C20H26O9. The molecule has 1 saturated heterocycles. The van der Waals surface area contributed by atoms with E-state index in [0.29, 0.717) is 6.42 Å². The predicted octanol–water partition coefficient (Wildman–Crippen LogP) is 1.73. The van der Waals surface area contributed by atoms with Crippen LogP contribution >= 0.6 is 0 Å². The second-order valence-electron chi connectivity index (χ2n) is 6.72. The number of hydrogen-bond donors (Lipinski definition) is 1. The van der Waals surface area contributed by atoms with Crippen LogP contribution in [0.25, 0.3) is 0 Å². The van der Waals surface area contributed by atoms with Gasteiger partial charge in [0.15, 0.2) is 12.2 Å². The number of aromatic hydroxyl groups is 1. The number of rotatable bonds is 6. The standard InChI is InChI=1S/C20H26O9/c1-6-13-7-8-14(9-15(13)23)28-20-18(27-12(4)22)16(26-11(3)21)10(2)17(29-20)19(24)25-5/h7-10,16-18,20,23H,6H2,1-5H3/t10-,16-,17-,18+,20+/m0/s1. The van der Waals surface area contributed by atoms with Crippen molar-refractivity contribution < 1.29 is 43.2 Å². The molecule has 1 N–H and O–H groups in total. The van der Waals surface area contributed by atoms with Crippen molar-refractivity contribution in [3.8, 4) is 11.5 Å². The minimum atomic E-state index is -1.28. The van der Waals surface area contributed by atoms with Crippen LogP contribution in [-0.2, 0) is 39.8 Å². The number of ether oxygens (including phenoxy) is 5. The lowest BCUT2D eigenvalue weighted by Crippen LogP contribution is -2.60. The molecule has 29 heavy (non-hydrogen) atoms. The van der Waals surface area contributed by atoms with Crippen LogP contribution in [0, 0.1) is 5.92 Å². The van der Waals surface area contributed by atoms with Crippen LogP contribution in [0.5, 0.6) is 11.5 Å². The van der Waals surface area contributed by atoms with Gasteiger partial charge in [-0.2, -0.15) is 0 Å². The summed E-state index contributed by atoms with van der Waals surface area (Å²) in [6.07, 6.45) is -3.93. The molecule has 0 aromatic heterocycles. The molecule has 160 valence electrons. The predicted molar refractivity (Wildman–Crippen MR) is 99.1 cm³/mol. The number of phenolic OH excluding ortho intramolecular Hbond substituents is 1. The van der Waals surface area contributed by atoms with Crippen molar-refractivity contribution in [3.05, 3.63) is 23.8 Å². The maximum atomic E-state index is 12.2. The summed E-state index contributed by atoms with van der Waals surface area (Å²) in [6.45, 7) is 5.91. The van der Waals surface area contributed by atoms with Gasteiger partial charge < -0.3 is 28.8 Å². The molecule has 0 unspecified atom stereocenters. The van der Waals surface area contributed by atoms with E-state index in [0.717, 1.165) is 5.56 Å². The number of carbonyl (C=O) groups excluding carboxylic acids is 3. The number of hydrogen-bond acceptors (Lipinski definition) is 9. The fourth-order valence-corrected chi connectivity index (χ4v) is 3.18. The lowest BCUT2D eigenvalue weighted by molar-refractivity contribution is -0.266. The molecule has 0 saturated carbocycles. The van der Waals surface area contributed by atoms with E-state index in [1.165, 1.54) is 27.0 Å². The molecule has 2 rings (SSSR count). The SMILES string of the molecule is CCc1ccc(O[C@@H]2O[C@H](C(=O)OC)[C@@H](C)[C@H](OC(C)=O)[C@H]2OC(C)=O)cc1O. The van der Waals surface area contributed by atoms with E-state index >= 15 is 0 Å². The quantitative estimate of drug-likeness (QED) is 0.552. The van der Waals surface area contributed by atoms with E-state index in [4.69, 9.17) is 23.7 Å². The molecule has 5 atom stereocenters. The van der Waals surface area contributed by atoms with Crippen molar-refractivity contribution in [1.82, 2.24) is 0 Å². The lowest BCUT2D eigenvalue weighted by atomic mass is 9.90. The summed E-state index contributed by atoms with van der Waals surface area (Å²) in [6, 6.07) is 4.68. The highest BCUT2D eigenvalue weighted by Gasteiger charge is 2.52. The molecule has 0 amide bonds. The number of phenols is 1. The zero-order valence-electron chi connectivity index (χ0n) is 17.0. The number of methoxy groups -OCH3 is 1. The Morgan fingerprint density at radius 1 is 1.10 bits per heavy atom. The zero-order valence-corrected chi connectivity index (χ0v) is 17.0. The summed E-state index contributed by atoms with van der Waals surface area (Å²) in [7, 11) is 1.20. The maximum absolute atomic E-state index is 12.2. The van der Waals surface area contributed by atoms with Gasteiger partial charge >= 0.3 is 17.9 Å². The number of esters is 3. The summed E-state index contributed by atoms with van der Waals surface area (Å²) in [5, 5.41) is 10.1. The van der Waals surface area contributed by atoms with Gasteiger partial charge in [0.1, 0.15) is 11.5 Å². The number of carbonyl (C=O) groups is 3. The number of aryl methyl sites for hydroxylation is 1. The minimum Gasteiger partial charge on any atom is -0.508 e. The van der Waals surface area contributed by atoms with Crippen molar-refractivity contribution in [3.63, 3.8) is 0 Å². The Morgan fingerprint density at radius 2 is 1.72 bits per heavy atom. The minimum absolute atomic E-state index is 0.0271. The van der Waals surface area contributed by atoms with Gasteiger partial charge in [0, 0.05) is 25.8 Å². The molecular weight excluding hydrogens is 384 g/mol. The van der Waals surface area contributed by atoms with Gasteiger partial charge in [0.2, 0.25) is 12.4 Å². The molecule has 1 aromatic rings. The van der Waals surface area contributed by atoms with Crippen LogP contribution in [0.2, 0.25) is 0 Å². The molecule has 9 nitrogen and oxygen atoms in total. The lowest BCUT2D eigenvalue weighted by Gasteiger charge is -2.42. The van der Waals surface area contributed by atoms with Gasteiger partial charge in [0.25, 0.3) is 0 Å². The molecule has 9 heteroatoms. The molecule has 0 bridgehead atoms. The van der Waals surface area contributed by atoms with Crippen molar-refractivity contribution in [1.29, 1.82) is 0 Å². The molecule has 1 aliphatic heterocycles. The fraction of sp³-hybridized carbons (Fsp3) is 0.550. The van der Waals surface area contributed by atoms with Gasteiger partial charge in [-0.3, -0.25) is 9.59 Å². The Morgan fingerprint density at radius 3 is 2.24 bits per heavy atom. The molecule has 1 aromatic carbocycles. The van der Waals surface area contributed by atoms with Crippen LogP contribution in [-0.4, -0.2) is 54.7 Å². The van der Waals surface area contributed by atoms with Crippen molar-refractivity contribution in [2.45, 2.75) is 58.7 Å². The Balaban J connectivity index is 2.39. The first-order valence-electron chi connectivity index (χ1n) is 9.24. The normalized spacial score (nSPS) is 26.3. The monoisotopic (exact) mass is 410 g/mol. The molecule has 1 fully saturated rings. The van der Waals surface area contributed by atoms with E-state index in [1.807, 2.05) is 6.92 Å². The van der Waals surface area contributed by atoms with Gasteiger partial charge in [-0.15, -0.1) is 0 Å². The highest BCUT2D eigenvalue weighted by Crippen LogP contribution is 2.34. The van der Waals surface area contributed by atoms with Gasteiger partial charge in [-0.25, -0.2) is 4.79 Å². The van der Waals surface area contributed by atoms with Crippen LogP contribution in [0.15, 0.2) is 18.2 Å². The Kier molecular flexibility index (Phi) is 7.44. The van der Waals surface area contributed by atoms with Gasteiger partial charge in [0.05, 0.1) is 7.11 Å². The first-order chi connectivity index (χ1) is 13.7. The Bertz CT molecular complexity index is 760. The van der Waals surface area contributed by atoms with E-state index < -0.39 is 48.4 Å². The molecule has 0 radical (unpaired) electrons. The van der Waals surface area contributed by atoms with E-state index in [1.54, 1.807) is 19.1 Å². The summed E-state index contributed by atoms with van der Waals surface area (Å²) < 4.78 is 26.9. The molecule has 0 spiro atoms. The first kappa shape index (κ1) is 22.5. The van der Waals surface area contributed by atoms with Crippen LogP contribution in [0.4, 0.5) is 0 Å². The Hall–Kier alpha value is -2.81. The summed E-state index contributed by atoms with van der Waals surface area (Å²) in [5.74, 6) is -2.37. The third-order valence-corrected chi connectivity index (χ3v) is 4.60. The smallest absolute Gasteiger partial charge is 0.335 e. The fourth-order valence-electron chi connectivity index (χ4n) is 3.18. The molecule has 1 heterocycles. The van der Waals surface area contributed by atoms with E-state index in [2.05, 4.69) is 0 Å². The van der Waals surface area contributed by atoms with E-state index in [9.17, 15) is 19.5 Å². The van der Waals surface area contributed by atoms with Crippen LogP contribution in [0.1, 0.15) is 33.3 Å². The van der Waals surface area contributed by atoms with Crippen LogP contribution in [0.3, 0.4) is 0 Å². The van der Waals surface area contributed by atoms with Crippen molar-refractivity contribution in [2.75, 3.05) is 7.11 Å². The molecule has 1 aliphatic rings. The van der Waals surface area contributed by atoms with Crippen LogP contribution < -0.4 is 4.74 Å². The third kappa shape index (κ3) is 5.38.